The zero-order chi connectivity index (χ0) is 21.7. The van der Waals surface area contributed by atoms with Crippen molar-refractivity contribution in [2.75, 3.05) is 19.4 Å². The number of halogens is 1. The van der Waals surface area contributed by atoms with Gasteiger partial charge in [-0.2, -0.15) is 0 Å². The Morgan fingerprint density at radius 2 is 1.83 bits per heavy atom. The molecule has 0 radical (unpaired) electrons. The predicted octanol–water partition coefficient (Wildman–Crippen LogP) is 3.64. The molecule has 8 heteroatoms. The average Bonchev–Trinajstić information content (AvgIpc) is 2.73. The number of amides is 1. The van der Waals surface area contributed by atoms with E-state index in [1.54, 1.807) is 30.5 Å². The topological polar surface area (TPSA) is 79.4 Å². The van der Waals surface area contributed by atoms with Gasteiger partial charge in [-0.15, -0.1) is 0 Å². The summed E-state index contributed by atoms with van der Waals surface area (Å²) in [6, 6.07) is 16.5. The third-order valence-electron chi connectivity index (χ3n) is 4.08. The largest absolute Gasteiger partial charge is 0.322 e. The molecular formula is C22H18ClN3O3S. The summed E-state index contributed by atoms with van der Waals surface area (Å²) in [5.74, 6) is 5.42. The summed E-state index contributed by atoms with van der Waals surface area (Å²) in [7, 11) is -0.857. The molecule has 0 bridgehead atoms. The van der Waals surface area contributed by atoms with Crippen molar-refractivity contribution in [3.8, 4) is 11.8 Å². The highest BCUT2D eigenvalue weighted by molar-refractivity contribution is 7.89. The van der Waals surface area contributed by atoms with Gasteiger partial charge < -0.3 is 5.32 Å². The van der Waals surface area contributed by atoms with Crippen LogP contribution < -0.4 is 5.32 Å². The lowest BCUT2D eigenvalue weighted by Crippen LogP contribution is -2.23. The fourth-order valence-electron chi connectivity index (χ4n) is 2.50. The Bertz CT molecular complexity index is 1250. The maximum absolute atomic E-state index is 12.7. The Hall–Kier alpha value is -3.18. The molecule has 1 N–H and O–H groups in total. The van der Waals surface area contributed by atoms with Crippen LogP contribution in [0.25, 0.3) is 0 Å². The number of hydrogen-bond donors (Lipinski definition) is 1. The Labute approximate surface area is 180 Å². The number of nitrogens with zero attached hydrogens (tertiary/aromatic N) is 2. The van der Waals surface area contributed by atoms with Crippen molar-refractivity contribution in [2.24, 2.45) is 0 Å². The van der Waals surface area contributed by atoms with Gasteiger partial charge in [0.2, 0.25) is 10.0 Å². The van der Waals surface area contributed by atoms with Crippen molar-refractivity contribution in [2.45, 2.75) is 4.90 Å². The quantitative estimate of drug-likeness (QED) is 0.629. The summed E-state index contributed by atoms with van der Waals surface area (Å²) < 4.78 is 25.8. The van der Waals surface area contributed by atoms with Gasteiger partial charge in [0.25, 0.3) is 5.91 Å². The molecule has 0 aliphatic rings. The minimum absolute atomic E-state index is 0.0166. The van der Waals surface area contributed by atoms with Crippen LogP contribution in [0.3, 0.4) is 0 Å². The maximum atomic E-state index is 12.7. The van der Waals surface area contributed by atoms with E-state index >= 15 is 0 Å². The third-order valence-corrected chi connectivity index (χ3v) is 6.22. The fourth-order valence-corrected chi connectivity index (χ4v) is 3.63. The molecule has 0 spiro atoms. The highest BCUT2D eigenvalue weighted by Gasteiger charge is 2.20. The lowest BCUT2D eigenvalue weighted by atomic mass is 10.1. The third kappa shape index (κ3) is 5.05. The van der Waals surface area contributed by atoms with Gasteiger partial charge in [-0.25, -0.2) is 17.7 Å². The summed E-state index contributed by atoms with van der Waals surface area (Å²) in [6.07, 6.45) is 1.66. The summed E-state index contributed by atoms with van der Waals surface area (Å²) >= 11 is 6.14. The van der Waals surface area contributed by atoms with Gasteiger partial charge in [-0.3, -0.25) is 4.79 Å². The smallest absolute Gasteiger partial charge is 0.257 e. The van der Waals surface area contributed by atoms with Gasteiger partial charge in [0, 0.05) is 31.5 Å². The number of pyridine rings is 1. The molecule has 0 aliphatic heterocycles. The van der Waals surface area contributed by atoms with Gasteiger partial charge in [0.05, 0.1) is 15.5 Å². The minimum Gasteiger partial charge on any atom is -0.322 e. The van der Waals surface area contributed by atoms with Crippen LogP contribution in [0.5, 0.6) is 0 Å². The Kier molecular flexibility index (Phi) is 6.53. The van der Waals surface area contributed by atoms with Crippen molar-refractivity contribution < 1.29 is 13.2 Å². The van der Waals surface area contributed by atoms with Gasteiger partial charge >= 0.3 is 0 Å². The highest BCUT2D eigenvalue weighted by Crippen LogP contribution is 2.23. The summed E-state index contributed by atoms with van der Waals surface area (Å²) in [6.45, 7) is 0. The van der Waals surface area contributed by atoms with Crippen LogP contribution in [0.4, 0.5) is 5.69 Å². The zero-order valence-electron chi connectivity index (χ0n) is 16.3. The number of carbonyl (C=O) groups is 1. The van der Waals surface area contributed by atoms with Crippen LogP contribution in [0.15, 0.2) is 71.8 Å². The van der Waals surface area contributed by atoms with Gasteiger partial charge in [0.15, 0.2) is 0 Å². The molecule has 0 saturated carbocycles. The van der Waals surface area contributed by atoms with Crippen LogP contribution in [0, 0.1) is 11.8 Å². The van der Waals surface area contributed by atoms with E-state index in [4.69, 9.17) is 11.6 Å². The second kappa shape index (κ2) is 9.09. The van der Waals surface area contributed by atoms with Crippen molar-refractivity contribution in [3.63, 3.8) is 0 Å². The van der Waals surface area contributed by atoms with Gasteiger partial charge in [-0.05, 0) is 54.5 Å². The summed E-state index contributed by atoms with van der Waals surface area (Å²) in [5.41, 5.74) is 1.89. The van der Waals surface area contributed by atoms with E-state index < -0.39 is 15.9 Å². The molecule has 30 heavy (non-hydrogen) atoms. The normalized spacial score (nSPS) is 10.9. The van der Waals surface area contributed by atoms with Crippen LogP contribution in [0.1, 0.15) is 21.6 Å². The molecule has 3 aromatic rings. The number of rotatable bonds is 4. The van der Waals surface area contributed by atoms with E-state index in [-0.39, 0.29) is 15.5 Å². The first-order valence-electron chi connectivity index (χ1n) is 8.84. The standard InChI is InChI=1S/C22H18ClN3O3S/c1-26(2)30(28,29)19-11-12-21(23)20(15-19)22(27)25-18-8-5-6-16(14-18)9-10-17-7-3-4-13-24-17/h3-8,11-15H,1-2H3,(H,25,27). The van der Waals surface area contributed by atoms with E-state index in [0.29, 0.717) is 16.9 Å². The van der Waals surface area contributed by atoms with Crippen molar-refractivity contribution in [3.05, 3.63) is 88.7 Å². The number of anilines is 1. The molecule has 2 aromatic carbocycles. The Morgan fingerprint density at radius 1 is 1.03 bits per heavy atom. The number of carbonyl (C=O) groups excluding carboxylic acids is 1. The Morgan fingerprint density at radius 3 is 2.53 bits per heavy atom. The molecule has 6 nitrogen and oxygen atoms in total. The number of sulfonamides is 1. The number of hydrogen-bond acceptors (Lipinski definition) is 4. The monoisotopic (exact) mass is 439 g/mol. The minimum atomic E-state index is -3.69. The van der Waals surface area contributed by atoms with E-state index in [1.165, 1.54) is 32.3 Å². The van der Waals surface area contributed by atoms with Gasteiger partial charge in [0.1, 0.15) is 5.69 Å². The molecule has 1 amide bonds. The fraction of sp³-hybridized carbons (Fsp3) is 0.0909. The second-order valence-electron chi connectivity index (χ2n) is 6.43. The summed E-state index contributed by atoms with van der Waals surface area (Å²) in [5, 5.41) is 2.88. The number of benzene rings is 2. The number of nitrogens with one attached hydrogen (secondary N) is 1. The molecule has 0 atom stereocenters. The maximum Gasteiger partial charge on any atom is 0.257 e. The molecule has 0 fully saturated rings. The molecule has 1 aromatic heterocycles. The van der Waals surface area contributed by atoms with Crippen LogP contribution in [0.2, 0.25) is 5.02 Å². The van der Waals surface area contributed by atoms with E-state index in [0.717, 1.165) is 4.31 Å². The summed E-state index contributed by atoms with van der Waals surface area (Å²) in [4.78, 5) is 16.9. The molecule has 152 valence electrons. The lowest BCUT2D eigenvalue weighted by Gasteiger charge is -2.13. The van der Waals surface area contributed by atoms with E-state index in [2.05, 4.69) is 22.1 Å². The first-order chi connectivity index (χ1) is 14.3. The SMILES string of the molecule is CN(C)S(=O)(=O)c1ccc(Cl)c(C(=O)Nc2cccc(C#Cc3ccccn3)c2)c1. The first kappa shape index (κ1) is 21.5. The van der Waals surface area contributed by atoms with E-state index in [9.17, 15) is 13.2 Å². The molecule has 3 rings (SSSR count). The van der Waals surface area contributed by atoms with Gasteiger partial charge in [-0.1, -0.05) is 29.7 Å². The first-order valence-corrected chi connectivity index (χ1v) is 10.7. The second-order valence-corrected chi connectivity index (χ2v) is 8.99. The zero-order valence-corrected chi connectivity index (χ0v) is 17.8. The molecule has 1 heterocycles. The molecule has 0 saturated heterocycles. The van der Waals surface area contributed by atoms with Crippen LogP contribution >= 0.6 is 11.6 Å². The average molecular weight is 440 g/mol. The van der Waals surface area contributed by atoms with Crippen molar-refractivity contribution in [1.82, 2.24) is 9.29 Å². The number of aromatic nitrogens is 1. The predicted molar refractivity (Wildman–Crippen MR) is 117 cm³/mol. The molecule has 0 aliphatic carbocycles. The Balaban J connectivity index is 1.84. The van der Waals surface area contributed by atoms with Crippen LogP contribution in [-0.2, 0) is 10.0 Å². The molecule has 0 unspecified atom stereocenters. The van der Waals surface area contributed by atoms with Crippen molar-refractivity contribution >= 4 is 33.2 Å². The van der Waals surface area contributed by atoms with Crippen LogP contribution in [-0.4, -0.2) is 37.7 Å². The molecular weight excluding hydrogens is 422 g/mol. The lowest BCUT2D eigenvalue weighted by molar-refractivity contribution is 0.102. The van der Waals surface area contributed by atoms with E-state index in [1.807, 2.05) is 18.2 Å². The van der Waals surface area contributed by atoms with Crippen molar-refractivity contribution in [1.29, 1.82) is 0 Å². The highest BCUT2D eigenvalue weighted by atomic mass is 35.5.